The lowest BCUT2D eigenvalue weighted by molar-refractivity contribution is -0.605. The number of pyridine rings is 1. The van der Waals surface area contributed by atoms with E-state index in [1.54, 1.807) is 30.3 Å². The van der Waals surface area contributed by atoms with Gasteiger partial charge >= 0.3 is 12.1 Å². The standard InChI is InChI=1S/C37H36Cl2FN3O7/c1-48-33-10-4-24(16-34(33)49-2)28(17-30-31(38)19-42(47)20-32(30)39)29-15-22(3-9-27(29)36(44)45)18-43(26-7-5-25(40)6-8-26)37(46)50-35-21-41-13-11-23(35)12-14-41/h3-10,15-16,19-20,23,28,35H,11-14,17-18,21H2,1-2H3,(H,44,45)/t28-,35-/m0/s1. The number of piperidine rings is 3. The number of rotatable bonds is 11. The van der Waals surface area contributed by atoms with Crippen LogP contribution in [0.25, 0.3) is 0 Å². The van der Waals surface area contributed by atoms with Gasteiger partial charge in [0.2, 0.25) is 0 Å². The third kappa shape index (κ3) is 7.60. The smallest absolute Gasteiger partial charge is 0.414 e. The lowest BCUT2D eigenvalue weighted by Gasteiger charge is -2.44. The van der Waals surface area contributed by atoms with Gasteiger partial charge in [-0.1, -0.05) is 41.4 Å². The number of nitrogens with zero attached hydrogens (tertiary/aromatic N) is 3. The summed E-state index contributed by atoms with van der Waals surface area (Å²) in [7, 11) is 3.01. The van der Waals surface area contributed by atoms with Gasteiger partial charge in [-0.2, -0.15) is 4.73 Å². The van der Waals surface area contributed by atoms with E-state index in [1.807, 2.05) is 0 Å². The number of halogens is 3. The average molecular weight is 725 g/mol. The number of carboxylic acid groups (broad SMARTS) is 1. The van der Waals surface area contributed by atoms with Crippen LogP contribution in [-0.2, 0) is 17.7 Å². The molecule has 13 heteroatoms. The Morgan fingerprint density at radius 1 is 1.00 bits per heavy atom. The fourth-order valence-corrected chi connectivity index (χ4v) is 7.50. The molecular weight excluding hydrogens is 688 g/mol. The highest BCUT2D eigenvalue weighted by atomic mass is 35.5. The number of aromatic nitrogens is 1. The van der Waals surface area contributed by atoms with Gasteiger partial charge in [-0.3, -0.25) is 9.80 Å². The summed E-state index contributed by atoms with van der Waals surface area (Å²) in [5.41, 5.74) is 2.53. The van der Waals surface area contributed by atoms with Crippen LogP contribution in [0.2, 0.25) is 10.0 Å². The van der Waals surface area contributed by atoms with Crippen molar-refractivity contribution in [3.63, 3.8) is 0 Å². The van der Waals surface area contributed by atoms with Crippen molar-refractivity contribution in [1.82, 2.24) is 4.90 Å². The third-order valence-electron chi connectivity index (χ3n) is 9.55. The van der Waals surface area contributed by atoms with Crippen molar-refractivity contribution in [2.45, 2.75) is 37.8 Å². The highest BCUT2D eigenvalue weighted by Gasteiger charge is 2.37. The van der Waals surface area contributed by atoms with E-state index in [-0.39, 0.29) is 40.6 Å². The topological polar surface area (TPSA) is 115 Å². The lowest BCUT2D eigenvalue weighted by atomic mass is 9.82. The number of methoxy groups -OCH3 is 2. The second-order valence-electron chi connectivity index (χ2n) is 12.5. The molecule has 0 spiro atoms. The minimum absolute atomic E-state index is 0.000149. The first kappa shape index (κ1) is 35.3. The van der Waals surface area contributed by atoms with Gasteiger partial charge in [0.05, 0.1) is 26.3 Å². The van der Waals surface area contributed by atoms with E-state index in [0.29, 0.717) is 50.7 Å². The number of carbonyl (C=O) groups is 2. The van der Waals surface area contributed by atoms with Gasteiger partial charge in [-0.25, -0.2) is 14.0 Å². The third-order valence-corrected chi connectivity index (χ3v) is 10.2. The van der Waals surface area contributed by atoms with E-state index in [4.69, 9.17) is 37.4 Å². The Hall–Kier alpha value is -4.58. The van der Waals surface area contributed by atoms with Crippen LogP contribution < -0.4 is 19.1 Å². The zero-order chi connectivity index (χ0) is 35.5. The van der Waals surface area contributed by atoms with Gasteiger partial charge in [-0.05, 0) is 97.4 Å². The summed E-state index contributed by atoms with van der Waals surface area (Å²) in [5, 5.41) is 22.7. The molecular formula is C37H36Cl2FN3O7. The molecule has 7 rings (SSSR count). The molecule has 2 atom stereocenters. The molecule has 4 aromatic rings. The van der Waals surface area contributed by atoms with Gasteiger partial charge in [0, 0.05) is 23.7 Å². The van der Waals surface area contributed by atoms with E-state index < -0.39 is 23.8 Å². The number of aromatic carboxylic acids is 1. The van der Waals surface area contributed by atoms with Gasteiger partial charge < -0.3 is 24.5 Å². The summed E-state index contributed by atoms with van der Waals surface area (Å²) in [6.45, 7) is 2.63. The summed E-state index contributed by atoms with van der Waals surface area (Å²) in [4.78, 5) is 30.3. The average Bonchev–Trinajstić information content (AvgIpc) is 3.11. The Balaban J connectivity index is 1.42. The summed E-state index contributed by atoms with van der Waals surface area (Å²) in [6, 6.07) is 15.7. The van der Waals surface area contributed by atoms with Crippen LogP contribution in [0.4, 0.5) is 14.9 Å². The molecule has 0 aliphatic carbocycles. The molecule has 4 heterocycles. The maximum atomic E-state index is 14.0. The van der Waals surface area contributed by atoms with Crippen molar-refractivity contribution in [3.8, 4) is 11.5 Å². The second-order valence-corrected chi connectivity index (χ2v) is 13.3. The van der Waals surface area contributed by atoms with E-state index in [0.717, 1.165) is 25.9 Å². The number of benzene rings is 3. The van der Waals surface area contributed by atoms with Gasteiger partial charge in [0.1, 0.15) is 22.0 Å². The van der Waals surface area contributed by atoms with Crippen LogP contribution >= 0.6 is 23.2 Å². The fraction of sp³-hybridized carbons (Fsp3) is 0.324. The van der Waals surface area contributed by atoms with Crippen molar-refractivity contribution < 1.29 is 38.0 Å². The van der Waals surface area contributed by atoms with Crippen molar-refractivity contribution in [2.24, 2.45) is 5.92 Å². The van der Waals surface area contributed by atoms with E-state index in [9.17, 15) is 24.3 Å². The number of carbonyl (C=O) groups excluding carboxylic acids is 1. The van der Waals surface area contributed by atoms with Crippen molar-refractivity contribution >= 4 is 41.0 Å². The maximum Gasteiger partial charge on any atom is 0.414 e. The van der Waals surface area contributed by atoms with Gasteiger partial charge in [0.25, 0.3) is 0 Å². The van der Waals surface area contributed by atoms with Crippen LogP contribution in [-0.4, -0.2) is 62.0 Å². The quantitative estimate of drug-likeness (QED) is 0.129. The van der Waals surface area contributed by atoms with Crippen LogP contribution in [0, 0.1) is 16.9 Å². The molecule has 3 fully saturated rings. The van der Waals surface area contributed by atoms with Crippen molar-refractivity contribution in [3.05, 3.63) is 122 Å². The van der Waals surface area contributed by atoms with E-state index in [1.165, 1.54) is 61.8 Å². The number of anilines is 1. The molecule has 1 aromatic heterocycles. The molecule has 3 aliphatic heterocycles. The fourth-order valence-electron chi connectivity index (χ4n) is 6.90. The van der Waals surface area contributed by atoms with E-state index in [2.05, 4.69) is 4.90 Å². The van der Waals surface area contributed by atoms with E-state index >= 15 is 0 Å². The molecule has 1 N–H and O–H groups in total. The highest BCUT2D eigenvalue weighted by molar-refractivity contribution is 6.35. The molecule has 3 aliphatic rings. The maximum absolute atomic E-state index is 14.0. The van der Waals surface area contributed by atoms with Crippen LogP contribution in [0.3, 0.4) is 0 Å². The Kier molecular flexibility index (Phi) is 10.7. The molecule has 3 saturated heterocycles. The Bertz CT molecular complexity index is 1860. The lowest BCUT2D eigenvalue weighted by Crippen LogP contribution is -2.53. The Labute approximate surface area is 299 Å². The highest BCUT2D eigenvalue weighted by Crippen LogP contribution is 2.39. The van der Waals surface area contributed by atoms with Crippen LogP contribution in [0.1, 0.15) is 51.4 Å². The number of fused-ring (bicyclic) bond motifs is 3. The van der Waals surface area contributed by atoms with Gasteiger partial charge in [-0.15, -0.1) is 0 Å². The molecule has 262 valence electrons. The normalized spacial score (nSPS) is 18.7. The second kappa shape index (κ2) is 15.1. The first-order valence-corrected chi connectivity index (χ1v) is 16.9. The monoisotopic (exact) mass is 723 g/mol. The van der Waals surface area contributed by atoms with Crippen molar-refractivity contribution in [2.75, 3.05) is 38.8 Å². The minimum Gasteiger partial charge on any atom is -0.619 e. The molecule has 10 nitrogen and oxygen atoms in total. The molecule has 1 amide bonds. The predicted octanol–water partition coefficient (Wildman–Crippen LogP) is 7.09. The molecule has 0 saturated carbocycles. The number of ether oxygens (including phenoxy) is 3. The summed E-state index contributed by atoms with van der Waals surface area (Å²) < 4.78 is 31.6. The number of amides is 1. The van der Waals surface area contributed by atoms with Crippen molar-refractivity contribution in [1.29, 1.82) is 0 Å². The first-order valence-electron chi connectivity index (χ1n) is 16.2. The molecule has 0 unspecified atom stereocenters. The first-order chi connectivity index (χ1) is 24.0. The Morgan fingerprint density at radius 3 is 2.28 bits per heavy atom. The molecule has 3 aromatic carbocycles. The van der Waals surface area contributed by atoms with Crippen LogP contribution in [0.5, 0.6) is 11.5 Å². The summed E-state index contributed by atoms with van der Waals surface area (Å²) in [5.74, 6) is -1.12. The zero-order valence-corrected chi connectivity index (χ0v) is 29.0. The Morgan fingerprint density at radius 2 is 1.68 bits per heavy atom. The zero-order valence-electron chi connectivity index (χ0n) is 27.5. The molecule has 0 radical (unpaired) electrons. The molecule has 50 heavy (non-hydrogen) atoms. The van der Waals surface area contributed by atoms with Gasteiger partial charge in [0.15, 0.2) is 23.9 Å². The summed E-state index contributed by atoms with van der Waals surface area (Å²) in [6.07, 6.45) is 3.55. The number of hydrogen-bond acceptors (Lipinski definition) is 7. The predicted molar refractivity (Wildman–Crippen MR) is 186 cm³/mol. The molecule has 2 bridgehead atoms. The summed E-state index contributed by atoms with van der Waals surface area (Å²) >= 11 is 13.1. The minimum atomic E-state index is -1.17. The van der Waals surface area contributed by atoms with Crippen LogP contribution in [0.15, 0.2) is 73.1 Å². The SMILES string of the molecule is COc1ccc([C@H](Cc2c(Cl)c[n+]([O-])cc2Cl)c2cc(CN(C(=O)O[C@H]3CN4CCC3CC4)c3ccc(F)cc3)ccc2C(=O)O)cc1OC. The number of carboxylic acids is 1. The largest absolute Gasteiger partial charge is 0.619 e. The number of hydrogen-bond donors (Lipinski definition) is 1.